The second-order valence-corrected chi connectivity index (χ2v) is 3.04. The average molecular weight is 224 g/mol. The Balaban J connectivity index is 2.35. The van der Waals surface area contributed by atoms with E-state index in [2.05, 4.69) is 25.9 Å². The highest BCUT2D eigenvalue weighted by molar-refractivity contribution is 5.71. The van der Waals surface area contributed by atoms with Crippen LogP contribution in [0.1, 0.15) is 6.92 Å². The molecule has 1 aromatic rings. The molecule has 0 atom stereocenters. The van der Waals surface area contributed by atoms with Crippen molar-refractivity contribution in [2.75, 3.05) is 30.3 Å². The average Bonchev–Trinajstić information content (AvgIpc) is 2.25. The van der Waals surface area contributed by atoms with Crippen molar-refractivity contribution in [2.45, 2.75) is 6.92 Å². The molecule has 2 amide bonds. The Morgan fingerprint density at radius 3 is 2.62 bits per heavy atom. The minimum atomic E-state index is -0.533. The Hall–Kier alpha value is -2.05. The van der Waals surface area contributed by atoms with E-state index in [4.69, 9.17) is 5.73 Å². The van der Waals surface area contributed by atoms with Crippen LogP contribution in [0.4, 0.5) is 16.4 Å². The van der Waals surface area contributed by atoms with Crippen LogP contribution in [0.3, 0.4) is 0 Å². The number of carbonyl (C=O) groups excluding carboxylic acids is 1. The predicted octanol–water partition coefficient (Wildman–Crippen LogP) is -0.0114. The third-order valence-corrected chi connectivity index (χ3v) is 1.72. The first-order chi connectivity index (χ1) is 7.72. The van der Waals surface area contributed by atoms with Crippen molar-refractivity contribution < 1.29 is 4.79 Å². The van der Waals surface area contributed by atoms with Crippen LogP contribution in [0, 0.1) is 0 Å². The highest BCUT2D eigenvalue weighted by Gasteiger charge is 1.97. The molecule has 0 bridgehead atoms. The Kier molecular flexibility index (Phi) is 4.84. The number of amides is 2. The molecule has 0 unspecified atom stereocenters. The van der Waals surface area contributed by atoms with Crippen molar-refractivity contribution >= 4 is 17.7 Å². The van der Waals surface area contributed by atoms with E-state index in [9.17, 15) is 4.79 Å². The van der Waals surface area contributed by atoms with Crippen molar-refractivity contribution in [1.82, 2.24) is 15.3 Å². The first-order valence-electron chi connectivity index (χ1n) is 5.05. The van der Waals surface area contributed by atoms with Crippen LogP contribution >= 0.6 is 0 Å². The molecule has 7 heteroatoms. The molecule has 0 aliphatic carbocycles. The molecule has 5 N–H and O–H groups in total. The summed E-state index contributed by atoms with van der Waals surface area (Å²) in [5.74, 6) is 1.38. The van der Waals surface area contributed by atoms with Crippen molar-refractivity contribution in [3.05, 3.63) is 12.4 Å². The number of anilines is 2. The maximum absolute atomic E-state index is 10.4. The molecule has 0 aliphatic rings. The zero-order chi connectivity index (χ0) is 11.8. The summed E-state index contributed by atoms with van der Waals surface area (Å²) in [6.07, 6.45) is 3.27. The zero-order valence-electron chi connectivity index (χ0n) is 9.16. The molecule has 0 spiro atoms. The largest absolute Gasteiger partial charge is 0.369 e. The van der Waals surface area contributed by atoms with Crippen LogP contribution in [0.5, 0.6) is 0 Å². The van der Waals surface area contributed by atoms with Crippen LogP contribution in [-0.2, 0) is 0 Å². The van der Waals surface area contributed by atoms with Gasteiger partial charge >= 0.3 is 6.03 Å². The molecule has 88 valence electrons. The fourth-order valence-corrected chi connectivity index (χ4v) is 1.09. The molecule has 0 aromatic carbocycles. The lowest BCUT2D eigenvalue weighted by atomic mass is 10.5. The van der Waals surface area contributed by atoms with E-state index in [0.29, 0.717) is 18.9 Å². The van der Waals surface area contributed by atoms with Gasteiger partial charge in [0.2, 0.25) is 0 Å². The normalized spacial score (nSPS) is 9.56. The summed E-state index contributed by atoms with van der Waals surface area (Å²) < 4.78 is 0. The van der Waals surface area contributed by atoms with Crippen molar-refractivity contribution in [1.29, 1.82) is 0 Å². The molecule has 7 nitrogen and oxygen atoms in total. The zero-order valence-corrected chi connectivity index (χ0v) is 9.16. The van der Waals surface area contributed by atoms with Gasteiger partial charge in [-0.2, -0.15) is 0 Å². The standard InChI is InChI=1S/C9H16N6O/c1-2-12-7-5-11-6-8(15-7)13-3-4-14-9(10)16/h5-6H,2-4H2,1H3,(H3,10,14,16)(H2,12,13,15). The molecule has 1 rings (SSSR count). The van der Waals surface area contributed by atoms with E-state index in [1.165, 1.54) is 0 Å². The lowest BCUT2D eigenvalue weighted by Gasteiger charge is -2.07. The van der Waals surface area contributed by atoms with Crippen molar-refractivity contribution in [2.24, 2.45) is 5.73 Å². The fraction of sp³-hybridized carbons (Fsp3) is 0.444. The van der Waals surface area contributed by atoms with Crippen LogP contribution in [-0.4, -0.2) is 35.6 Å². The summed E-state index contributed by atoms with van der Waals surface area (Å²) >= 11 is 0. The molecule has 0 fully saturated rings. The van der Waals surface area contributed by atoms with Crippen molar-refractivity contribution in [3.63, 3.8) is 0 Å². The number of carbonyl (C=O) groups is 1. The number of aromatic nitrogens is 2. The molecular weight excluding hydrogens is 208 g/mol. The van der Waals surface area contributed by atoms with E-state index >= 15 is 0 Å². The summed E-state index contributed by atoms with van der Waals surface area (Å²) in [6, 6.07) is -0.533. The minimum absolute atomic E-state index is 0.447. The summed E-state index contributed by atoms with van der Waals surface area (Å²) in [4.78, 5) is 18.7. The molecule has 16 heavy (non-hydrogen) atoms. The van der Waals surface area contributed by atoms with E-state index in [1.54, 1.807) is 12.4 Å². The maximum atomic E-state index is 10.4. The molecule has 0 radical (unpaired) electrons. The number of primary amides is 1. The van der Waals surface area contributed by atoms with Gasteiger partial charge in [-0.3, -0.25) is 4.98 Å². The van der Waals surface area contributed by atoms with Gasteiger partial charge in [0.05, 0.1) is 12.4 Å². The fourth-order valence-electron chi connectivity index (χ4n) is 1.09. The minimum Gasteiger partial charge on any atom is -0.369 e. The first-order valence-corrected chi connectivity index (χ1v) is 5.05. The SMILES string of the molecule is CCNc1cncc(NCCNC(N)=O)n1. The van der Waals surface area contributed by atoms with E-state index in [1.807, 2.05) is 6.92 Å². The molecule has 1 heterocycles. The second kappa shape index (κ2) is 6.44. The number of nitrogens with one attached hydrogen (secondary N) is 3. The van der Waals surface area contributed by atoms with Gasteiger partial charge in [-0.05, 0) is 6.92 Å². The lowest BCUT2D eigenvalue weighted by Crippen LogP contribution is -2.33. The number of hydrogen-bond donors (Lipinski definition) is 4. The van der Waals surface area contributed by atoms with Crippen LogP contribution < -0.4 is 21.7 Å². The monoisotopic (exact) mass is 224 g/mol. The predicted molar refractivity (Wildman–Crippen MR) is 62.3 cm³/mol. The quantitative estimate of drug-likeness (QED) is 0.509. The highest BCUT2D eigenvalue weighted by Crippen LogP contribution is 2.05. The third-order valence-electron chi connectivity index (χ3n) is 1.72. The maximum Gasteiger partial charge on any atom is 0.312 e. The second-order valence-electron chi connectivity index (χ2n) is 3.04. The number of urea groups is 1. The van der Waals surface area contributed by atoms with Gasteiger partial charge in [0.15, 0.2) is 0 Å². The summed E-state index contributed by atoms with van der Waals surface area (Å²) in [5.41, 5.74) is 4.92. The number of nitrogens with zero attached hydrogens (tertiary/aromatic N) is 2. The van der Waals surface area contributed by atoms with Crippen LogP contribution in [0.2, 0.25) is 0 Å². The smallest absolute Gasteiger partial charge is 0.312 e. The van der Waals surface area contributed by atoms with Gasteiger partial charge in [0, 0.05) is 19.6 Å². The van der Waals surface area contributed by atoms with E-state index in [0.717, 1.165) is 12.4 Å². The molecule has 0 saturated carbocycles. The lowest BCUT2D eigenvalue weighted by molar-refractivity contribution is 0.249. The number of rotatable bonds is 6. The van der Waals surface area contributed by atoms with Gasteiger partial charge in [-0.15, -0.1) is 0 Å². The Labute approximate surface area is 93.8 Å². The van der Waals surface area contributed by atoms with Crippen LogP contribution in [0.25, 0.3) is 0 Å². The summed E-state index contributed by atoms with van der Waals surface area (Å²) in [6.45, 7) is 3.77. The van der Waals surface area contributed by atoms with Gasteiger partial charge in [0.1, 0.15) is 11.6 Å². The van der Waals surface area contributed by atoms with Gasteiger partial charge in [0.25, 0.3) is 0 Å². The van der Waals surface area contributed by atoms with Crippen molar-refractivity contribution in [3.8, 4) is 0 Å². The molecule has 0 saturated heterocycles. The molecule has 1 aromatic heterocycles. The molecular formula is C9H16N6O. The van der Waals surface area contributed by atoms with E-state index in [-0.39, 0.29) is 0 Å². The van der Waals surface area contributed by atoms with E-state index < -0.39 is 6.03 Å². The number of nitrogens with two attached hydrogens (primary N) is 1. The van der Waals surface area contributed by atoms with Gasteiger partial charge in [-0.25, -0.2) is 9.78 Å². The summed E-state index contributed by atoms with van der Waals surface area (Å²) in [7, 11) is 0. The highest BCUT2D eigenvalue weighted by atomic mass is 16.2. The third kappa shape index (κ3) is 4.45. The van der Waals surface area contributed by atoms with Gasteiger partial charge < -0.3 is 21.7 Å². The molecule has 0 aliphatic heterocycles. The van der Waals surface area contributed by atoms with Crippen LogP contribution in [0.15, 0.2) is 12.4 Å². The Morgan fingerprint density at radius 1 is 1.31 bits per heavy atom. The Bertz CT molecular complexity index is 343. The summed E-state index contributed by atoms with van der Waals surface area (Å²) in [5, 5.41) is 8.54. The Morgan fingerprint density at radius 2 is 2.00 bits per heavy atom. The first kappa shape index (κ1) is 12.0. The number of hydrogen-bond acceptors (Lipinski definition) is 5. The topological polar surface area (TPSA) is 105 Å². The van der Waals surface area contributed by atoms with Gasteiger partial charge in [-0.1, -0.05) is 0 Å².